The van der Waals surface area contributed by atoms with Crippen molar-refractivity contribution in [3.63, 3.8) is 0 Å². The van der Waals surface area contributed by atoms with Crippen molar-refractivity contribution in [3.05, 3.63) is 23.3 Å². The first-order chi connectivity index (χ1) is 16.8. The third kappa shape index (κ3) is 9.12. The van der Waals surface area contributed by atoms with E-state index in [0.29, 0.717) is 25.0 Å². The molecular weight excluding hydrogens is 444 g/mol. The summed E-state index contributed by atoms with van der Waals surface area (Å²) in [6, 6.07) is 0. The van der Waals surface area contributed by atoms with Crippen LogP contribution in [0.25, 0.3) is 0 Å². The predicted molar refractivity (Wildman–Crippen MR) is 137 cm³/mol. The second kappa shape index (κ2) is 15.1. The average molecular weight is 491 g/mol. The van der Waals surface area contributed by atoms with Crippen LogP contribution in [-0.2, 0) is 28.6 Å². The molecule has 6 heteroatoms. The Morgan fingerprint density at radius 3 is 2.31 bits per heavy atom. The van der Waals surface area contributed by atoms with Gasteiger partial charge in [0.2, 0.25) is 0 Å². The normalized spacial score (nSPS) is 22.6. The van der Waals surface area contributed by atoms with E-state index < -0.39 is 12.1 Å². The van der Waals surface area contributed by atoms with E-state index in [-0.39, 0.29) is 29.9 Å². The van der Waals surface area contributed by atoms with E-state index in [1.54, 1.807) is 0 Å². The highest BCUT2D eigenvalue weighted by Crippen LogP contribution is 2.45. The Labute approximate surface area is 211 Å². The van der Waals surface area contributed by atoms with E-state index in [4.69, 9.17) is 14.2 Å². The van der Waals surface area contributed by atoms with Crippen LogP contribution in [0.4, 0.5) is 0 Å². The minimum Gasteiger partial charge on any atom is -0.466 e. The summed E-state index contributed by atoms with van der Waals surface area (Å²) in [7, 11) is 0. The first kappa shape index (κ1) is 29.1. The highest BCUT2D eigenvalue weighted by molar-refractivity contribution is 5.91. The van der Waals surface area contributed by atoms with Crippen molar-refractivity contribution in [2.75, 3.05) is 6.61 Å². The highest BCUT2D eigenvalue weighted by atomic mass is 16.6. The van der Waals surface area contributed by atoms with Crippen LogP contribution in [0, 0.1) is 11.8 Å². The molecule has 0 aromatic rings. The zero-order valence-corrected chi connectivity index (χ0v) is 22.4. The maximum absolute atomic E-state index is 12.8. The van der Waals surface area contributed by atoms with Crippen LogP contribution in [0.3, 0.4) is 0 Å². The number of hydrogen-bond donors (Lipinski definition) is 0. The summed E-state index contributed by atoms with van der Waals surface area (Å²) in [5, 5.41) is 0. The molecule has 1 aliphatic heterocycles. The Kier molecular flexibility index (Phi) is 12.6. The lowest BCUT2D eigenvalue weighted by Crippen LogP contribution is -2.40. The van der Waals surface area contributed by atoms with Crippen LogP contribution in [0.15, 0.2) is 23.3 Å². The van der Waals surface area contributed by atoms with Crippen LogP contribution in [0.2, 0.25) is 0 Å². The lowest BCUT2D eigenvalue weighted by atomic mass is 9.73. The fourth-order valence-electron chi connectivity index (χ4n) is 5.43. The highest BCUT2D eigenvalue weighted by Gasteiger charge is 2.50. The molecule has 198 valence electrons. The fourth-order valence-corrected chi connectivity index (χ4v) is 5.43. The molecule has 0 unspecified atom stereocenters. The zero-order chi connectivity index (χ0) is 25.8. The summed E-state index contributed by atoms with van der Waals surface area (Å²) in [5.74, 6) is -1.10. The summed E-state index contributed by atoms with van der Waals surface area (Å²) < 4.78 is 16.7. The average Bonchev–Trinajstić information content (AvgIpc) is 3.08. The van der Waals surface area contributed by atoms with E-state index in [9.17, 15) is 14.4 Å². The number of fused-ring (bicyclic) bond motifs is 1. The number of unbranched alkanes of at least 4 members (excludes halogenated alkanes) is 8. The first-order valence-electron chi connectivity index (χ1n) is 13.7. The number of carbonyl (C=O) groups is 3. The lowest BCUT2D eigenvalue weighted by Gasteiger charge is -2.37. The van der Waals surface area contributed by atoms with Gasteiger partial charge in [0, 0.05) is 25.3 Å². The van der Waals surface area contributed by atoms with Gasteiger partial charge in [0.05, 0.1) is 12.5 Å². The molecule has 2 aliphatic rings. The number of esters is 3. The third-order valence-corrected chi connectivity index (χ3v) is 7.32. The van der Waals surface area contributed by atoms with E-state index in [2.05, 4.69) is 20.4 Å². The van der Waals surface area contributed by atoms with Gasteiger partial charge >= 0.3 is 17.9 Å². The summed E-state index contributed by atoms with van der Waals surface area (Å²) in [4.78, 5) is 36.2. The molecule has 0 spiro atoms. The van der Waals surface area contributed by atoms with Crippen molar-refractivity contribution in [2.45, 2.75) is 123 Å². The minimum atomic E-state index is -0.525. The topological polar surface area (TPSA) is 78.9 Å². The standard InChI is InChI=1S/C29H46O6/c1-6-7-8-9-10-11-12-13-14-17-25(31)35-28-26(20(2)16-15-18-33-23(5)30)21(3)19-24-27(28)22(4)29(32)34-24/h20,24,27-28H,4,6-19H2,1-3,5H3/t20-,24+,27+,28+/m0/s1. The Bertz CT molecular complexity index is 767. The molecule has 6 nitrogen and oxygen atoms in total. The van der Waals surface area contributed by atoms with Crippen LogP contribution in [-0.4, -0.2) is 36.7 Å². The van der Waals surface area contributed by atoms with E-state index in [1.165, 1.54) is 45.4 Å². The lowest BCUT2D eigenvalue weighted by molar-refractivity contribution is -0.151. The Morgan fingerprint density at radius 1 is 1.06 bits per heavy atom. The summed E-state index contributed by atoms with van der Waals surface area (Å²) in [6.45, 7) is 12.1. The van der Waals surface area contributed by atoms with E-state index in [1.807, 2.05) is 6.92 Å². The molecule has 0 N–H and O–H groups in total. The number of carbonyl (C=O) groups excluding carboxylic acids is 3. The largest absolute Gasteiger partial charge is 0.466 e. The Balaban J connectivity index is 1.93. The summed E-state index contributed by atoms with van der Waals surface area (Å²) in [5.41, 5.74) is 2.57. The zero-order valence-electron chi connectivity index (χ0n) is 22.4. The Morgan fingerprint density at radius 2 is 1.69 bits per heavy atom. The van der Waals surface area contributed by atoms with Crippen molar-refractivity contribution < 1.29 is 28.6 Å². The molecular formula is C29H46O6. The third-order valence-electron chi connectivity index (χ3n) is 7.32. The molecule has 1 aliphatic carbocycles. The maximum atomic E-state index is 12.8. The monoisotopic (exact) mass is 490 g/mol. The maximum Gasteiger partial charge on any atom is 0.334 e. The van der Waals surface area contributed by atoms with Gasteiger partial charge in [-0.2, -0.15) is 0 Å². The minimum absolute atomic E-state index is 0.125. The SMILES string of the molecule is C=C1C(=O)O[C@@H]2CC(C)=C([C@@H](C)CCCOC(C)=O)[C@@H](OC(=O)CCCCCCCCCCC)[C@H]12. The van der Waals surface area contributed by atoms with Gasteiger partial charge in [-0.15, -0.1) is 0 Å². The number of ether oxygens (including phenoxy) is 3. The second-order valence-electron chi connectivity index (χ2n) is 10.3. The molecule has 0 amide bonds. The molecule has 1 heterocycles. The van der Waals surface area contributed by atoms with Gasteiger partial charge in [-0.25, -0.2) is 4.79 Å². The van der Waals surface area contributed by atoms with Crippen LogP contribution in [0.1, 0.15) is 111 Å². The van der Waals surface area contributed by atoms with Crippen molar-refractivity contribution in [1.82, 2.24) is 0 Å². The predicted octanol–water partition coefficient (Wildman–Crippen LogP) is 6.62. The molecule has 0 aromatic carbocycles. The number of rotatable bonds is 16. The molecule has 4 atom stereocenters. The van der Waals surface area contributed by atoms with Crippen LogP contribution in [0.5, 0.6) is 0 Å². The van der Waals surface area contributed by atoms with E-state index in [0.717, 1.165) is 43.3 Å². The smallest absolute Gasteiger partial charge is 0.334 e. The molecule has 2 rings (SSSR count). The fraction of sp³-hybridized carbons (Fsp3) is 0.759. The molecule has 1 fully saturated rings. The second-order valence-corrected chi connectivity index (χ2v) is 10.3. The molecule has 35 heavy (non-hydrogen) atoms. The molecule has 0 radical (unpaired) electrons. The van der Waals surface area contributed by atoms with Crippen molar-refractivity contribution in [1.29, 1.82) is 0 Å². The molecule has 0 aromatic heterocycles. The summed E-state index contributed by atoms with van der Waals surface area (Å²) in [6.07, 6.45) is 12.4. The first-order valence-corrected chi connectivity index (χ1v) is 13.7. The quantitative estimate of drug-likeness (QED) is 0.0795. The molecule has 0 saturated carbocycles. The van der Waals surface area contributed by atoms with Gasteiger partial charge in [0.1, 0.15) is 12.2 Å². The number of hydrogen-bond acceptors (Lipinski definition) is 6. The van der Waals surface area contributed by atoms with Crippen molar-refractivity contribution in [2.24, 2.45) is 11.8 Å². The molecule has 1 saturated heterocycles. The van der Waals surface area contributed by atoms with Gasteiger partial charge in [0.25, 0.3) is 0 Å². The van der Waals surface area contributed by atoms with Crippen LogP contribution >= 0.6 is 0 Å². The summed E-state index contributed by atoms with van der Waals surface area (Å²) >= 11 is 0. The van der Waals surface area contributed by atoms with Gasteiger partial charge in [-0.05, 0) is 37.7 Å². The van der Waals surface area contributed by atoms with Gasteiger partial charge < -0.3 is 14.2 Å². The van der Waals surface area contributed by atoms with Gasteiger partial charge in [0.15, 0.2) is 0 Å². The Hall–Kier alpha value is -2.11. The molecule has 0 bridgehead atoms. The van der Waals surface area contributed by atoms with Crippen LogP contribution < -0.4 is 0 Å². The van der Waals surface area contributed by atoms with Crippen molar-refractivity contribution >= 4 is 17.9 Å². The van der Waals surface area contributed by atoms with Gasteiger partial charge in [-0.3, -0.25) is 9.59 Å². The van der Waals surface area contributed by atoms with E-state index >= 15 is 0 Å². The van der Waals surface area contributed by atoms with Crippen molar-refractivity contribution in [3.8, 4) is 0 Å². The van der Waals surface area contributed by atoms with Gasteiger partial charge in [-0.1, -0.05) is 77.4 Å².